The normalized spacial score (nSPS) is 13.1. The van der Waals surface area contributed by atoms with Crippen molar-refractivity contribution in [3.05, 3.63) is 179 Å². The summed E-state index contributed by atoms with van der Waals surface area (Å²) in [5.41, 5.74) is 13.3. The second kappa shape index (κ2) is 22.0. The Morgan fingerprint density at radius 1 is 0.393 bits per heavy atom. The van der Waals surface area contributed by atoms with Crippen LogP contribution in [0.15, 0.2) is 146 Å². The van der Waals surface area contributed by atoms with Crippen molar-refractivity contribution >= 4 is 0 Å². The summed E-state index contributed by atoms with van der Waals surface area (Å²) < 4.78 is 67.9. The quantitative estimate of drug-likeness (QED) is 0.139. The molecule has 6 aromatic rings. The molecule has 4 aromatic carbocycles. The van der Waals surface area contributed by atoms with E-state index in [1.165, 1.54) is 44.5 Å². The van der Waals surface area contributed by atoms with Crippen molar-refractivity contribution < 1.29 is 80.3 Å². The molecule has 0 amide bonds. The first kappa shape index (κ1) is 46.2. The molecule has 8 rings (SSSR count). The van der Waals surface area contributed by atoms with E-state index in [0.717, 1.165) is 50.7 Å². The maximum atomic E-state index is 8.49. The van der Waals surface area contributed by atoms with Gasteiger partial charge in [0.15, 0.2) is 0 Å². The van der Waals surface area contributed by atoms with Crippen molar-refractivity contribution in [2.24, 2.45) is 0 Å². The van der Waals surface area contributed by atoms with Crippen LogP contribution >= 0.6 is 0 Å². The van der Waals surface area contributed by atoms with Gasteiger partial charge in [0.1, 0.15) is 0 Å². The van der Waals surface area contributed by atoms with Gasteiger partial charge in [-0.1, -0.05) is 109 Å². The molecule has 2 aliphatic heterocycles. The maximum Gasteiger partial charge on any atom is 2.00 e. The second-order valence-corrected chi connectivity index (χ2v) is 13.8. The van der Waals surface area contributed by atoms with Gasteiger partial charge in [0.2, 0.25) is 0 Å². The molecule has 56 heavy (non-hydrogen) atoms. The number of benzene rings is 4. The van der Waals surface area contributed by atoms with Gasteiger partial charge in [-0.3, -0.25) is 19.8 Å². The molecule has 0 spiro atoms. The van der Waals surface area contributed by atoms with Gasteiger partial charge in [-0.2, -0.15) is 0 Å². The Morgan fingerprint density at radius 3 is 0.857 bits per heavy atom. The van der Waals surface area contributed by atoms with Crippen LogP contribution in [0.5, 0.6) is 0 Å². The Morgan fingerprint density at radius 2 is 0.625 bits per heavy atom. The number of fused-ring (bicyclic) bond motifs is 6. The molecule has 13 nitrogen and oxygen atoms in total. The van der Waals surface area contributed by atoms with Crippen molar-refractivity contribution in [3.63, 3.8) is 0 Å². The molecule has 0 aliphatic carbocycles. The van der Waals surface area contributed by atoms with E-state index in [1.807, 2.05) is 24.5 Å². The number of pyridine rings is 2. The number of hydrogen-bond donors (Lipinski definition) is 0. The monoisotopic (exact) mass is 852 g/mol. The van der Waals surface area contributed by atoms with Crippen molar-refractivity contribution in [1.29, 1.82) is 0 Å². The van der Waals surface area contributed by atoms with E-state index in [9.17, 15) is 0 Å². The van der Waals surface area contributed by atoms with E-state index < -0.39 is 20.5 Å². The zero-order valence-corrected chi connectivity index (χ0v) is 32.2. The number of hydrogen-bond acceptors (Lipinski definition) is 12. The molecule has 297 valence electrons. The summed E-state index contributed by atoms with van der Waals surface area (Å²) in [6.45, 7) is 5.60. The third-order valence-electron chi connectivity index (χ3n) is 8.45. The average Bonchev–Trinajstić information content (AvgIpc) is 3.38. The van der Waals surface area contributed by atoms with E-state index in [1.54, 1.807) is 0 Å². The Hall–Kier alpha value is -4.16. The first-order valence-corrected chi connectivity index (χ1v) is 19.1. The Bertz CT molecular complexity index is 1820. The molecule has 2 aliphatic rings. The fraction of sp³-hybridized carbons (Fsp3) is 0.150. The van der Waals surface area contributed by atoms with Gasteiger partial charge >= 0.3 is 17.1 Å². The van der Waals surface area contributed by atoms with Crippen LogP contribution in [0.2, 0.25) is 0 Å². The van der Waals surface area contributed by atoms with Crippen molar-refractivity contribution in [2.45, 2.75) is 39.3 Å². The minimum atomic E-state index is -4.94. The third kappa shape index (κ3) is 15.4. The van der Waals surface area contributed by atoms with Crippen LogP contribution in [-0.4, -0.2) is 19.8 Å². The summed E-state index contributed by atoms with van der Waals surface area (Å²) in [6, 6.07) is 47.2. The average molecular weight is 854 g/mol. The second-order valence-electron chi connectivity index (χ2n) is 12.3. The summed E-state index contributed by atoms with van der Waals surface area (Å²) in [4.78, 5) is 13.9. The van der Waals surface area contributed by atoms with Crippen LogP contribution in [0.4, 0.5) is 0 Å². The molecule has 1 radical (unpaired) electrons. The van der Waals surface area contributed by atoms with E-state index in [4.69, 9.17) is 37.3 Å². The summed E-state index contributed by atoms with van der Waals surface area (Å²) in [7, 11) is -9.89. The molecular weight excluding hydrogens is 815 g/mol. The maximum absolute atomic E-state index is 8.49. The first-order chi connectivity index (χ1) is 25.8. The standard InChI is InChI=1S/2C20H18N2.2ClHO4.Cu.H2O/c2*1-3-10-19-16(7-1)13-22(15-18-9-5-6-12-21-18)14-17-8-2-4-11-20(17)19;2*2-1(3,4)5;;/h2*1-12H,13-15H2;2*(H,2,3,4,5);;1H2/q;;;;+2;/p-1. The fourth-order valence-corrected chi connectivity index (χ4v) is 6.42. The Kier molecular flexibility index (Phi) is 18.1. The molecule has 0 saturated carbocycles. The van der Waals surface area contributed by atoms with E-state index in [-0.39, 0.29) is 22.5 Å². The molecule has 0 atom stereocenters. The molecule has 0 bridgehead atoms. The third-order valence-corrected chi connectivity index (χ3v) is 8.45. The number of aromatic nitrogens is 2. The SMILES string of the molecule is [Cu+2].[O-][Cl+3]([O-])([O-])[O-].[O-][Cl+3]([O-])([O-])[O-].[OH3+].c1ccc(CN2Cc3ccccc3-c3ccccc3C2)nc1.c1ccc(CN2Cc3ccccc3-c3ccccc3C2)nc1. The summed E-state index contributed by atoms with van der Waals surface area (Å²) in [5, 5.41) is 0. The van der Waals surface area contributed by atoms with Gasteiger partial charge in [-0.25, -0.2) is 37.3 Å². The molecule has 0 fully saturated rings. The fourth-order valence-electron chi connectivity index (χ4n) is 6.42. The van der Waals surface area contributed by atoms with Gasteiger partial charge in [-0.05, 0) is 68.8 Å². The van der Waals surface area contributed by atoms with Crippen molar-refractivity contribution in [1.82, 2.24) is 19.8 Å². The number of rotatable bonds is 4. The predicted octanol–water partition coefficient (Wildman–Crippen LogP) is -1.91. The molecule has 4 heterocycles. The zero-order chi connectivity index (χ0) is 38.6. The van der Waals surface area contributed by atoms with Crippen LogP contribution in [0.1, 0.15) is 33.6 Å². The van der Waals surface area contributed by atoms with E-state index in [0.29, 0.717) is 0 Å². The summed E-state index contributed by atoms with van der Waals surface area (Å²) in [6.07, 6.45) is 3.74. The number of nitrogens with zero attached hydrogens (tertiary/aromatic N) is 4. The van der Waals surface area contributed by atoms with Gasteiger partial charge in [0, 0.05) is 51.7 Å². The number of halogens is 2. The van der Waals surface area contributed by atoms with Crippen molar-refractivity contribution in [3.8, 4) is 22.3 Å². The molecule has 3 N–H and O–H groups in total. The predicted molar refractivity (Wildman–Crippen MR) is 183 cm³/mol. The minimum absolute atomic E-state index is 0. The van der Waals surface area contributed by atoms with Crippen LogP contribution in [0.3, 0.4) is 0 Å². The van der Waals surface area contributed by atoms with E-state index in [2.05, 4.69) is 141 Å². The molecular formula is C40H39Cl2CuN4O9+. The van der Waals surface area contributed by atoms with Crippen molar-refractivity contribution in [2.75, 3.05) is 0 Å². The largest absolute Gasteiger partial charge is 2.00 e. The van der Waals surface area contributed by atoms with Crippen LogP contribution in [0.25, 0.3) is 22.3 Å². The smallest absolute Gasteiger partial charge is 0.457 e. The summed E-state index contributed by atoms with van der Waals surface area (Å²) >= 11 is 0. The van der Waals surface area contributed by atoms with E-state index >= 15 is 0 Å². The summed E-state index contributed by atoms with van der Waals surface area (Å²) in [5.74, 6) is 0. The van der Waals surface area contributed by atoms with Gasteiger partial charge in [0.05, 0.1) is 11.4 Å². The Balaban J connectivity index is 0.000000236. The van der Waals surface area contributed by atoms with Crippen LogP contribution < -0.4 is 37.3 Å². The Labute approximate surface area is 339 Å². The topological polar surface area (TPSA) is 250 Å². The minimum Gasteiger partial charge on any atom is -0.457 e. The van der Waals surface area contributed by atoms with Gasteiger partial charge in [0.25, 0.3) is 0 Å². The van der Waals surface area contributed by atoms with Crippen LogP contribution in [0, 0.1) is 20.5 Å². The zero-order valence-electron chi connectivity index (χ0n) is 29.8. The molecule has 0 unspecified atom stereocenters. The van der Waals surface area contributed by atoms with Gasteiger partial charge < -0.3 is 5.48 Å². The first-order valence-electron chi connectivity index (χ1n) is 16.6. The molecule has 2 aromatic heterocycles. The molecule has 16 heteroatoms. The molecule has 0 saturated heterocycles. The van der Waals surface area contributed by atoms with Gasteiger partial charge in [-0.15, -0.1) is 20.5 Å². The van der Waals surface area contributed by atoms with Crippen LogP contribution in [-0.2, 0) is 61.8 Å².